The van der Waals surface area contributed by atoms with Gasteiger partial charge in [-0.25, -0.2) is 4.98 Å². The Bertz CT molecular complexity index is 1140. The third kappa shape index (κ3) is 4.68. The lowest BCUT2D eigenvalue weighted by atomic mass is 9.99. The summed E-state index contributed by atoms with van der Waals surface area (Å²) in [5.41, 5.74) is 2.37. The Morgan fingerprint density at radius 3 is 3.03 bits per heavy atom. The van der Waals surface area contributed by atoms with Crippen molar-refractivity contribution in [2.75, 3.05) is 23.0 Å². The number of piperidine rings is 1. The van der Waals surface area contributed by atoms with Gasteiger partial charge in [0, 0.05) is 42.5 Å². The maximum absolute atomic E-state index is 13.0. The van der Waals surface area contributed by atoms with Gasteiger partial charge in [0.2, 0.25) is 0 Å². The van der Waals surface area contributed by atoms with Gasteiger partial charge in [-0.1, -0.05) is 13.5 Å². The van der Waals surface area contributed by atoms with E-state index < -0.39 is 0 Å². The highest BCUT2D eigenvalue weighted by molar-refractivity contribution is 6.00. The van der Waals surface area contributed by atoms with Crippen LogP contribution in [0.4, 0.5) is 11.6 Å². The van der Waals surface area contributed by atoms with Crippen molar-refractivity contribution in [3.8, 4) is 0 Å². The zero-order chi connectivity index (χ0) is 23.4. The fourth-order valence-electron chi connectivity index (χ4n) is 4.48. The number of aliphatic hydroxyl groups is 1. The predicted molar refractivity (Wildman–Crippen MR) is 126 cm³/mol. The summed E-state index contributed by atoms with van der Waals surface area (Å²) in [6, 6.07) is 5.53. The zero-order valence-electron chi connectivity index (χ0n) is 18.9. The second kappa shape index (κ2) is 9.99. The Kier molecular flexibility index (Phi) is 6.88. The second-order valence-electron chi connectivity index (χ2n) is 8.29. The van der Waals surface area contributed by atoms with Gasteiger partial charge in [0.05, 0.1) is 12.7 Å². The van der Waals surface area contributed by atoms with Crippen LogP contribution >= 0.6 is 0 Å². The van der Waals surface area contributed by atoms with E-state index in [1.165, 1.54) is 18.5 Å². The van der Waals surface area contributed by atoms with Gasteiger partial charge < -0.3 is 15.2 Å². The van der Waals surface area contributed by atoms with Crippen LogP contribution < -0.4 is 14.5 Å². The van der Waals surface area contributed by atoms with Crippen molar-refractivity contribution in [2.45, 2.75) is 51.6 Å². The number of aromatic nitrogens is 4. The minimum atomic E-state index is -0.297. The molecule has 1 aliphatic heterocycles. The van der Waals surface area contributed by atoms with Gasteiger partial charge >= 0.3 is 0 Å². The molecule has 174 valence electrons. The summed E-state index contributed by atoms with van der Waals surface area (Å²) in [5.74, 6) is 1.03. The van der Waals surface area contributed by atoms with Crippen molar-refractivity contribution in [3.05, 3.63) is 65.8 Å². The molecule has 0 aromatic carbocycles. The molecule has 1 atom stereocenters. The Hall–Kier alpha value is -3.46. The molecule has 1 fully saturated rings. The van der Waals surface area contributed by atoms with Crippen LogP contribution in [-0.4, -0.2) is 44.8 Å². The van der Waals surface area contributed by atoms with Gasteiger partial charge in [-0.2, -0.15) is 14.3 Å². The van der Waals surface area contributed by atoms with Crippen LogP contribution in [0.15, 0.2) is 49.4 Å². The SMILES string of the molecule is C=CC(=O)N(Cc1ccc[n+]([O-])c1)c1cc(N2CCCC[C@H]2CCO)nc2c(CC)cnn12. The van der Waals surface area contributed by atoms with E-state index in [1.54, 1.807) is 27.7 Å². The minimum absolute atomic E-state index is 0.118. The number of hydrogen-bond donors (Lipinski definition) is 1. The number of pyridine rings is 1. The largest absolute Gasteiger partial charge is 0.619 e. The third-order valence-electron chi connectivity index (χ3n) is 6.17. The smallest absolute Gasteiger partial charge is 0.251 e. The molecule has 4 rings (SSSR count). The molecule has 0 aliphatic carbocycles. The van der Waals surface area contributed by atoms with Crippen LogP contribution in [0.25, 0.3) is 5.65 Å². The van der Waals surface area contributed by atoms with E-state index >= 15 is 0 Å². The highest BCUT2D eigenvalue weighted by Crippen LogP contribution is 2.30. The number of nitrogens with zero attached hydrogens (tertiary/aromatic N) is 6. The van der Waals surface area contributed by atoms with E-state index in [0.717, 1.165) is 48.3 Å². The fourth-order valence-corrected chi connectivity index (χ4v) is 4.48. The van der Waals surface area contributed by atoms with Crippen molar-refractivity contribution in [1.29, 1.82) is 0 Å². The van der Waals surface area contributed by atoms with Gasteiger partial charge in [-0.3, -0.25) is 9.69 Å². The molecule has 0 unspecified atom stereocenters. The third-order valence-corrected chi connectivity index (χ3v) is 6.17. The normalized spacial score (nSPS) is 16.2. The first kappa shape index (κ1) is 22.7. The molecule has 1 amide bonds. The first-order valence-corrected chi connectivity index (χ1v) is 11.4. The number of hydrogen-bond acceptors (Lipinski definition) is 6. The van der Waals surface area contributed by atoms with Crippen LogP contribution in [0, 0.1) is 5.21 Å². The van der Waals surface area contributed by atoms with Gasteiger partial charge in [0.15, 0.2) is 18.0 Å². The second-order valence-corrected chi connectivity index (χ2v) is 8.29. The van der Waals surface area contributed by atoms with Crippen LogP contribution in [0.3, 0.4) is 0 Å². The topological polar surface area (TPSA) is 101 Å². The molecular weight excluding hydrogens is 420 g/mol. The number of aliphatic hydroxyl groups excluding tert-OH is 1. The molecule has 0 bridgehead atoms. The van der Waals surface area contributed by atoms with Crippen molar-refractivity contribution in [2.24, 2.45) is 0 Å². The van der Waals surface area contributed by atoms with Crippen molar-refractivity contribution >= 4 is 23.2 Å². The summed E-state index contributed by atoms with van der Waals surface area (Å²) in [4.78, 5) is 21.7. The van der Waals surface area contributed by atoms with E-state index in [0.29, 0.717) is 23.4 Å². The number of rotatable bonds is 8. The molecule has 1 saturated heterocycles. The molecule has 3 aromatic rings. The molecule has 1 aliphatic rings. The standard InChI is InChI=1S/C24H30N6O3/c1-3-19-15-25-30-22(29(23(32)4-2)17-18-8-7-11-27(33)16-18)14-21(26-24(19)30)28-12-6-5-9-20(28)10-13-31/h4,7-8,11,14-16,20,31H,2-3,5-6,9-10,12-13,17H2,1H3/t20-/m0/s1. The predicted octanol–water partition coefficient (Wildman–Crippen LogP) is 2.39. The van der Waals surface area contributed by atoms with Crippen LogP contribution in [0.2, 0.25) is 0 Å². The molecule has 33 heavy (non-hydrogen) atoms. The van der Waals surface area contributed by atoms with Gasteiger partial charge in [-0.05, 0) is 44.2 Å². The summed E-state index contributed by atoms with van der Waals surface area (Å²) < 4.78 is 2.40. The molecule has 3 aromatic heterocycles. The molecule has 4 heterocycles. The summed E-state index contributed by atoms with van der Waals surface area (Å²) >= 11 is 0. The van der Waals surface area contributed by atoms with Crippen molar-refractivity contribution < 1.29 is 14.6 Å². The van der Waals surface area contributed by atoms with Crippen molar-refractivity contribution in [1.82, 2.24) is 14.6 Å². The average Bonchev–Trinajstić information content (AvgIpc) is 3.25. The van der Waals surface area contributed by atoms with Crippen LogP contribution in [0.1, 0.15) is 43.7 Å². The number of aryl methyl sites for hydroxylation is 1. The molecule has 0 spiro atoms. The van der Waals surface area contributed by atoms with Gasteiger partial charge in [0.25, 0.3) is 5.91 Å². The minimum Gasteiger partial charge on any atom is -0.619 e. The molecule has 0 saturated carbocycles. The van der Waals surface area contributed by atoms with Gasteiger partial charge in [-0.15, -0.1) is 0 Å². The lowest BCUT2D eigenvalue weighted by Crippen LogP contribution is -2.41. The molecule has 9 nitrogen and oxygen atoms in total. The fraction of sp³-hybridized carbons (Fsp3) is 0.417. The number of amides is 1. The molecule has 0 radical (unpaired) electrons. The Morgan fingerprint density at radius 2 is 2.30 bits per heavy atom. The number of carbonyl (C=O) groups excluding carboxylic acids is 1. The number of carbonyl (C=O) groups is 1. The molecule has 1 N–H and O–H groups in total. The Balaban J connectivity index is 1.85. The Labute approximate surface area is 193 Å². The number of fused-ring (bicyclic) bond motifs is 1. The highest BCUT2D eigenvalue weighted by atomic mass is 16.5. The molecular formula is C24H30N6O3. The highest BCUT2D eigenvalue weighted by Gasteiger charge is 2.27. The van der Waals surface area contributed by atoms with E-state index in [4.69, 9.17) is 4.98 Å². The van der Waals surface area contributed by atoms with E-state index in [2.05, 4.69) is 16.6 Å². The zero-order valence-corrected chi connectivity index (χ0v) is 18.9. The maximum Gasteiger partial charge on any atom is 0.251 e. The van der Waals surface area contributed by atoms with Gasteiger partial charge in [0.1, 0.15) is 11.6 Å². The van der Waals surface area contributed by atoms with Crippen molar-refractivity contribution in [3.63, 3.8) is 0 Å². The monoisotopic (exact) mass is 450 g/mol. The molecule has 9 heteroatoms. The van der Waals surface area contributed by atoms with E-state index in [1.807, 2.05) is 13.0 Å². The lowest BCUT2D eigenvalue weighted by molar-refractivity contribution is -0.605. The summed E-state index contributed by atoms with van der Waals surface area (Å²) in [7, 11) is 0. The van der Waals surface area contributed by atoms with Crippen LogP contribution in [0.5, 0.6) is 0 Å². The van der Waals surface area contributed by atoms with Crippen LogP contribution in [-0.2, 0) is 17.8 Å². The average molecular weight is 451 g/mol. The summed E-state index contributed by atoms with van der Waals surface area (Å²) in [5, 5.41) is 25.9. The summed E-state index contributed by atoms with van der Waals surface area (Å²) in [6.07, 6.45) is 10.5. The Morgan fingerprint density at radius 1 is 1.45 bits per heavy atom. The first-order valence-electron chi connectivity index (χ1n) is 11.4. The first-order chi connectivity index (χ1) is 16.0. The summed E-state index contributed by atoms with van der Waals surface area (Å²) in [6.45, 7) is 6.87. The number of anilines is 2. The quantitative estimate of drug-likeness (QED) is 0.321. The lowest BCUT2D eigenvalue weighted by Gasteiger charge is -2.37. The maximum atomic E-state index is 13.0. The van der Waals surface area contributed by atoms with E-state index in [-0.39, 0.29) is 25.1 Å². The van der Waals surface area contributed by atoms with E-state index in [9.17, 15) is 15.1 Å².